The highest BCUT2D eigenvalue weighted by Crippen LogP contribution is 2.27. The minimum atomic E-state index is -0.565. The summed E-state index contributed by atoms with van der Waals surface area (Å²) in [5.74, 6) is 0. The lowest BCUT2D eigenvalue weighted by Crippen LogP contribution is -2.22. The van der Waals surface area contributed by atoms with Crippen LogP contribution in [0.1, 0.15) is 29.8 Å². The number of hydrogen-bond acceptors (Lipinski definition) is 4. The van der Waals surface area contributed by atoms with Gasteiger partial charge in [0.2, 0.25) is 0 Å². The van der Waals surface area contributed by atoms with Crippen LogP contribution in [-0.4, -0.2) is 23.7 Å². The Morgan fingerprint density at radius 3 is 2.76 bits per heavy atom. The van der Waals surface area contributed by atoms with Crippen LogP contribution in [0.2, 0.25) is 0 Å². The van der Waals surface area contributed by atoms with E-state index in [4.69, 9.17) is 5.26 Å². The van der Waals surface area contributed by atoms with Crippen molar-refractivity contribution in [2.45, 2.75) is 19.4 Å². The molecule has 0 saturated heterocycles. The number of aliphatic hydroxyl groups excluding tert-OH is 1. The third-order valence-corrected chi connectivity index (χ3v) is 3.45. The van der Waals surface area contributed by atoms with Crippen molar-refractivity contribution in [3.8, 4) is 6.07 Å². The topological polar surface area (TPSA) is 60.1 Å². The summed E-state index contributed by atoms with van der Waals surface area (Å²) < 4.78 is 0. The molecular formula is C17H19N3O. The third kappa shape index (κ3) is 3.80. The maximum absolute atomic E-state index is 9.88. The standard InChI is InChI=1S/C17H19N3O/c1-13(21)16-7-6-14(12-18)11-17(16)20(2)10-8-15-5-3-4-9-19-15/h3-7,9,11,13,21H,8,10H2,1-2H3. The summed E-state index contributed by atoms with van der Waals surface area (Å²) in [6.45, 7) is 2.50. The van der Waals surface area contributed by atoms with Gasteiger partial charge >= 0.3 is 0 Å². The first kappa shape index (κ1) is 15.0. The van der Waals surface area contributed by atoms with E-state index in [9.17, 15) is 5.11 Å². The number of aliphatic hydroxyl groups is 1. The Kier molecular flexibility index (Phi) is 4.91. The van der Waals surface area contributed by atoms with Crippen molar-refractivity contribution in [1.29, 1.82) is 5.26 Å². The summed E-state index contributed by atoms with van der Waals surface area (Å²) in [7, 11) is 1.96. The summed E-state index contributed by atoms with van der Waals surface area (Å²) in [5.41, 5.74) is 3.34. The fourth-order valence-electron chi connectivity index (χ4n) is 2.25. The highest BCUT2D eigenvalue weighted by molar-refractivity contribution is 5.58. The number of aromatic nitrogens is 1. The minimum Gasteiger partial charge on any atom is -0.389 e. The second-order valence-electron chi connectivity index (χ2n) is 5.05. The number of likely N-dealkylation sites (N-methyl/N-ethyl adjacent to an activating group) is 1. The second-order valence-corrected chi connectivity index (χ2v) is 5.05. The molecule has 1 unspecified atom stereocenters. The van der Waals surface area contributed by atoms with E-state index in [1.165, 1.54) is 0 Å². The fraction of sp³-hybridized carbons (Fsp3) is 0.294. The molecule has 1 aromatic heterocycles. The Labute approximate surface area is 125 Å². The molecule has 0 radical (unpaired) electrons. The van der Waals surface area contributed by atoms with Crippen molar-refractivity contribution in [3.05, 3.63) is 59.4 Å². The largest absolute Gasteiger partial charge is 0.389 e. The molecule has 4 nitrogen and oxygen atoms in total. The molecule has 0 amide bonds. The van der Waals surface area contributed by atoms with Crippen molar-refractivity contribution < 1.29 is 5.11 Å². The van der Waals surface area contributed by atoms with Gasteiger partial charge in [-0.3, -0.25) is 4.98 Å². The van der Waals surface area contributed by atoms with Crippen molar-refractivity contribution in [1.82, 2.24) is 4.98 Å². The monoisotopic (exact) mass is 281 g/mol. The molecule has 0 aliphatic heterocycles. The van der Waals surface area contributed by atoms with Crippen LogP contribution >= 0.6 is 0 Å². The molecule has 1 atom stereocenters. The first-order valence-electron chi connectivity index (χ1n) is 6.95. The van der Waals surface area contributed by atoms with Crippen LogP contribution in [0.3, 0.4) is 0 Å². The average Bonchev–Trinajstić information content (AvgIpc) is 2.52. The van der Waals surface area contributed by atoms with E-state index in [1.54, 1.807) is 19.2 Å². The highest BCUT2D eigenvalue weighted by Gasteiger charge is 2.12. The maximum atomic E-state index is 9.88. The quantitative estimate of drug-likeness (QED) is 0.915. The molecule has 108 valence electrons. The lowest BCUT2D eigenvalue weighted by atomic mass is 10.0. The molecule has 1 N–H and O–H groups in total. The molecule has 2 aromatic rings. The summed E-state index contributed by atoms with van der Waals surface area (Å²) in [5, 5.41) is 18.9. The van der Waals surface area contributed by atoms with E-state index in [2.05, 4.69) is 16.0 Å². The van der Waals surface area contributed by atoms with Gasteiger partial charge in [0.15, 0.2) is 0 Å². The molecule has 0 aliphatic carbocycles. The van der Waals surface area contributed by atoms with Crippen LogP contribution in [0.4, 0.5) is 5.69 Å². The Morgan fingerprint density at radius 1 is 1.33 bits per heavy atom. The minimum absolute atomic E-state index is 0.565. The Morgan fingerprint density at radius 2 is 2.14 bits per heavy atom. The highest BCUT2D eigenvalue weighted by atomic mass is 16.3. The van der Waals surface area contributed by atoms with Gasteiger partial charge in [-0.1, -0.05) is 12.1 Å². The number of benzene rings is 1. The van der Waals surface area contributed by atoms with Gasteiger partial charge in [-0.25, -0.2) is 0 Å². The zero-order valence-electron chi connectivity index (χ0n) is 12.3. The lowest BCUT2D eigenvalue weighted by Gasteiger charge is -2.23. The summed E-state index contributed by atoms with van der Waals surface area (Å²) >= 11 is 0. The second kappa shape index (κ2) is 6.87. The number of anilines is 1. The van der Waals surface area contributed by atoms with E-state index < -0.39 is 6.10 Å². The van der Waals surface area contributed by atoms with Gasteiger partial charge in [0.25, 0.3) is 0 Å². The number of rotatable bonds is 5. The van der Waals surface area contributed by atoms with E-state index >= 15 is 0 Å². The van der Waals surface area contributed by atoms with Crippen LogP contribution < -0.4 is 4.90 Å². The number of nitriles is 1. The first-order chi connectivity index (χ1) is 10.1. The Balaban J connectivity index is 2.17. The zero-order valence-corrected chi connectivity index (χ0v) is 12.3. The summed E-state index contributed by atoms with van der Waals surface area (Å²) in [6.07, 6.45) is 2.03. The third-order valence-electron chi connectivity index (χ3n) is 3.45. The van der Waals surface area contributed by atoms with Gasteiger partial charge in [0, 0.05) is 43.2 Å². The normalized spacial score (nSPS) is 11.7. The van der Waals surface area contributed by atoms with E-state index in [0.29, 0.717) is 5.56 Å². The molecule has 2 rings (SSSR count). The SMILES string of the molecule is CC(O)c1ccc(C#N)cc1N(C)CCc1ccccn1. The van der Waals surface area contributed by atoms with Crippen molar-refractivity contribution in [3.63, 3.8) is 0 Å². The van der Waals surface area contributed by atoms with Gasteiger partial charge in [-0.15, -0.1) is 0 Å². The first-order valence-corrected chi connectivity index (χ1v) is 6.95. The molecule has 0 aliphatic rings. The fourth-order valence-corrected chi connectivity index (χ4v) is 2.25. The van der Waals surface area contributed by atoms with Crippen LogP contribution in [0.15, 0.2) is 42.6 Å². The maximum Gasteiger partial charge on any atom is 0.0992 e. The Hall–Kier alpha value is -2.38. The summed E-state index contributed by atoms with van der Waals surface area (Å²) in [6, 6.07) is 13.4. The molecule has 0 fully saturated rings. The van der Waals surface area contributed by atoms with Gasteiger partial charge in [-0.2, -0.15) is 5.26 Å². The van der Waals surface area contributed by atoms with Crippen LogP contribution in [0.5, 0.6) is 0 Å². The van der Waals surface area contributed by atoms with E-state index in [1.807, 2.05) is 37.4 Å². The number of pyridine rings is 1. The molecular weight excluding hydrogens is 262 g/mol. The molecule has 1 aromatic carbocycles. The van der Waals surface area contributed by atoms with E-state index in [-0.39, 0.29) is 0 Å². The Bertz CT molecular complexity index is 632. The molecule has 0 spiro atoms. The molecule has 0 bridgehead atoms. The van der Waals surface area contributed by atoms with Crippen molar-refractivity contribution in [2.75, 3.05) is 18.5 Å². The average molecular weight is 281 g/mol. The van der Waals surface area contributed by atoms with E-state index in [0.717, 1.165) is 29.9 Å². The number of nitrogens with zero attached hydrogens (tertiary/aromatic N) is 3. The smallest absolute Gasteiger partial charge is 0.0992 e. The van der Waals surface area contributed by atoms with Crippen LogP contribution in [-0.2, 0) is 6.42 Å². The summed E-state index contributed by atoms with van der Waals surface area (Å²) in [4.78, 5) is 6.36. The predicted octanol–water partition coefficient (Wildman–Crippen LogP) is 2.69. The predicted molar refractivity (Wildman–Crippen MR) is 83.0 cm³/mol. The molecule has 0 saturated carbocycles. The van der Waals surface area contributed by atoms with Crippen molar-refractivity contribution in [2.24, 2.45) is 0 Å². The van der Waals surface area contributed by atoms with Gasteiger partial charge in [0.1, 0.15) is 0 Å². The lowest BCUT2D eigenvalue weighted by molar-refractivity contribution is 0.199. The molecule has 4 heteroatoms. The molecule has 21 heavy (non-hydrogen) atoms. The molecule has 1 heterocycles. The number of hydrogen-bond donors (Lipinski definition) is 1. The van der Waals surface area contributed by atoms with Gasteiger partial charge < -0.3 is 10.0 Å². The van der Waals surface area contributed by atoms with Gasteiger partial charge in [0.05, 0.1) is 17.7 Å². The van der Waals surface area contributed by atoms with Crippen LogP contribution in [0, 0.1) is 11.3 Å². The van der Waals surface area contributed by atoms with Crippen molar-refractivity contribution >= 4 is 5.69 Å². The zero-order chi connectivity index (χ0) is 15.2. The van der Waals surface area contributed by atoms with Gasteiger partial charge in [-0.05, 0) is 31.2 Å². The van der Waals surface area contributed by atoms with Crippen LogP contribution in [0.25, 0.3) is 0 Å².